The molecule has 0 saturated carbocycles. The van der Waals surface area contributed by atoms with Gasteiger partial charge in [-0.2, -0.15) is 13.5 Å². The maximum Gasteiger partial charge on any atom is 0.294 e. The standard InChI is InChI=1S/C26H42N2O4S/c1-2-3-4-5-6-7-8-9-10-11-12-13-14-15-16-17-23-22-26(29)28(27-23)24-18-20-25(21-19-24)33(30,31)32/h18-21H,2-17,22H2,1H3,(H,30,31,32). The molecule has 6 nitrogen and oxygen atoms in total. The number of unbranched alkanes of at least 4 members (excludes halogenated alkanes) is 14. The second kappa shape index (κ2) is 15.2. The first-order valence-electron chi connectivity index (χ1n) is 12.9. The number of nitrogens with zero attached hydrogens (tertiary/aromatic N) is 2. The molecule has 0 spiro atoms. The van der Waals surface area contributed by atoms with Gasteiger partial charge in [-0.1, -0.05) is 96.8 Å². The fourth-order valence-corrected chi connectivity index (χ4v) is 4.76. The van der Waals surface area contributed by atoms with Gasteiger partial charge >= 0.3 is 0 Å². The second-order valence-corrected chi connectivity index (χ2v) is 10.6. The molecule has 0 unspecified atom stereocenters. The van der Waals surface area contributed by atoms with Crippen LogP contribution >= 0.6 is 0 Å². The molecule has 7 heteroatoms. The first-order chi connectivity index (χ1) is 15.9. The number of hydrogen-bond donors (Lipinski definition) is 1. The van der Waals surface area contributed by atoms with Crippen molar-refractivity contribution in [1.82, 2.24) is 0 Å². The molecule has 1 aliphatic rings. The minimum absolute atomic E-state index is 0.106. The summed E-state index contributed by atoms with van der Waals surface area (Å²) in [7, 11) is -4.24. The summed E-state index contributed by atoms with van der Waals surface area (Å²) in [5.74, 6) is -0.106. The first-order valence-corrected chi connectivity index (χ1v) is 14.3. The van der Waals surface area contributed by atoms with Gasteiger partial charge in [0, 0.05) is 5.71 Å². The zero-order valence-electron chi connectivity index (χ0n) is 20.3. The third-order valence-electron chi connectivity index (χ3n) is 6.28. The molecule has 0 atom stereocenters. The Bertz CT molecular complexity index is 834. The number of carbonyl (C=O) groups is 1. The van der Waals surface area contributed by atoms with Gasteiger partial charge in [-0.15, -0.1) is 0 Å². The lowest BCUT2D eigenvalue weighted by Gasteiger charge is -2.11. The summed E-state index contributed by atoms with van der Waals surface area (Å²) in [6, 6.07) is 5.53. The molecule has 1 aliphatic heterocycles. The number of rotatable bonds is 18. The molecule has 33 heavy (non-hydrogen) atoms. The van der Waals surface area contributed by atoms with Gasteiger partial charge in [0.15, 0.2) is 0 Å². The number of hydrazone groups is 1. The molecule has 1 heterocycles. The van der Waals surface area contributed by atoms with E-state index in [1.807, 2.05) is 0 Å². The van der Waals surface area contributed by atoms with Crippen LogP contribution < -0.4 is 5.01 Å². The molecule has 186 valence electrons. The van der Waals surface area contributed by atoms with E-state index in [4.69, 9.17) is 4.55 Å². The number of anilines is 1. The smallest absolute Gasteiger partial charge is 0.282 e. The van der Waals surface area contributed by atoms with E-state index in [1.165, 1.54) is 113 Å². The first kappa shape index (κ1) is 27.5. The average Bonchev–Trinajstić information content (AvgIpc) is 3.16. The van der Waals surface area contributed by atoms with Crippen LogP contribution in [-0.2, 0) is 14.9 Å². The summed E-state index contributed by atoms with van der Waals surface area (Å²) in [5.41, 5.74) is 1.40. The maximum atomic E-state index is 12.3. The third kappa shape index (κ3) is 10.8. The van der Waals surface area contributed by atoms with Crippen molar-refractivity contribution in [2.24, 2.45) is 5.10 Å². The summed E-state index contributed by atoms with van der Waals surface area (Å²) in [4.78, 5) is 12.1. The van der Waals surface area contributed by atoms with E-state index in [9.17, 15) is 13.2 Å². The van der Waals surface area contributed by atoms with E-state index in [1.54, 1.807) is 0 Å². The van der Waals surface area contributed by atoms with Crippen molar-refractivity contribution in [3.63, 3.8) is 0 Å². The molecule has 1 N–H and O–H groups in total. The van der Waals surface area contributed by atoms with Gasteiger partial charge < -0.3 is 0 Å². The van der Waals surface area contributed by atoms with Gasteiger partial charge in [0.2, 0.25) is 0 Å². The number of amides is 1. The molecular weight excluding hydrogens is 436 g/mol. The predicted octanol–water partition coefficient (Wildman–Crippen LogP) is 7.29. The molecule has 0 aromatic heterocycles. The van der Waals surface area contributed by atoms with Gasteiger partial charge in [0.25, 0.3) is 16.0 Å². The molecule has 0 saturated heterocycles. The molecule has 0 bridgehead atoms. The molecule has 1 amide bonds. The Balaban J connectivity index is 1.51. The average molecular weight is 479 g/mol. The van der Waals surface area contributed by atoms with Gasteiger partial charge in [0.05, 0.1) is 17.0 Å². The van der Waals surface area contributed by atoms with Crippen molar-refractivity contribution < 1.29 is 17.8 Å². The van der Waals surface area contributed by atoms with Gasteiger partial charge in [-0.3, -0.25) is 9.35 Å². The highest BCUT2D eigenvalue weighted by atomic mass is 32.2. The highest BCUT2D eigenvalue weighted by Crippen LogP contribution is 2.24. The van der Waals surface area contributed by atoms with Gasteiger partial charge in [0.1, 0.15) is 0 Å². The monoisotopic (exact) mass is 478 g/mol. The van der Waals surface area contributed by atoms with E-state index in [2.05, 4.69) is 12.0 Å². The topological polar surface area (TPSA) is 87.0 Å². The highest BCUT2D eigenvalue weighted by molar-refractivity contribution is 7.85. The van der Waals surface area contributed by atoms with E-state index < -0.39 is 10.1 Å². The van der Waals surface area contributed by atoms with E-state index in [0.29, 0.717) is 12.1 Å². The molecule has 0 aliphatic carbocycles. The van der Waals surface area contributed by atoms with Crippen LogP contribution in [0.4, 0.5) is 5.69 Å². The summed E-state index contributed by atoms with van der Waals surface area (Å²) < 4.78 is 31.4. The third-order valence-corrected chi connectivity index (χ3v) is 7.15. The lowest BCUT2D eigenvalue weighted by molar-refractivity contribution is -0.116. The fourth-order valence-electron chi connectivity index (χ4n) is 4.28. The van der Waals surface area contributed by atoms with Crippen molar-refractivity contribution in [3.05, 3.63) is 24.3 Å². The van der Waals surface area contributed by atoms with E-state index in [-0.39, 0.29) is 10.8 Å². The van der Waals surface area contributed by atoms with E-state index in [0.717, 1.165) is 25.0 Å². The Morgan fingerprint density at radius 2 is 1.24 bits per heavy atom. The molecular formula is C26H42N2O4S. The van der Waals surface area contributed by atoms with E-state index >= 15 is 0 Å². The molecule has 1 aromatic carbocycles. The largest absolute Gasteiger partial charge is 0.294 e. The zero-order valence-corrected chi connectivity index (χ0v) is 21.1. The Labute approximate surface area is 200 Å². The van der Waals surface area contributed by atoms with Crippen molar-refractivity contribution >= 4 is 27.4 Å². The summed E-state index contributed by atoms with van der Waals surface area (Å²) in [6.45, 7) is 2.27. The van der Waals surface area contributed by atoms with Crippen molar-refractivity contribution in [1.29, 1.82) is 0 Å². The van der Waals surface area contributed by atoms with Crippen LogP contribution in [0.3, 0.4) is 0 Å². The van der Waals surface area contributed by atoms with Crippen LogP contribution in [0.5, 0.6) is 0 Å². The number of hydrogen-bond acceptors (Lipinski definition) is 4. The van der Waals surface area contributed by atoms with Crippen LogP contribution in [0.15, 0.2) is 34.3 Å². The SMILES string of the molecule is CCCCCCCCCCCCCCCCCC1=NN(c2ccc(S(=O)(=O)O)cc2)C(=O)C1. The van der Waals surface area contributed by atoms with Crippen LogP contribution in [0.2, 0.25) is 0 Å². The minimum Gasteiger partial charge on any atom is -0.282 e. The lowest BCUT2D eigenvalue weighted by atomic mass is 10.0. The molecule has 1 aromatic rings. The van der Waals surface area contributed by atoms with Crippen LogP contribution in [-0.4, -0.2) is 24.6 Å². The highest BCUT2D eigenvalue weighted by Gasteiger charge is 2.25. The maximum absolute atomic E-state index is 12.3. The Kier molecular flexibility index (Phi) is 12.7. The number of carbonyl (C=O) groups excluding carboxylic acids is 1. The summed E-state index contributed by atoms with van der Waals surface area (Å²) in [5, 5.41) is 5.75. The lowest BCUT2D eigenvalue weighted by Crippen LogP contribution is -2.19. The van der Waals surface area contributed by atoms with Crippen molar-refractivity contribution in [2.75, 3.05) is 5.01 Å². The zero-order chi connectivity index (χ0) is 23.9. The van der Waals surface area contributed by atoms with Crippen molar-refractivity contribution in [2.45, 2.75) is 121 Å². The Hall–Kier alpha value is -1.73. The Morgan fingerprint density at radius 1 is 0.788 bits per heavy atom. The van der Waals surface area contributed by atoms with Gasteiger partial charge in [-0.05, 0) is 37.1 Å². The quantitative estimate of drug-likeness (QED) is 0.177. The Morgan fingerprint density at radius 3 is 1.70 bits per heavy atom. The molecule has 0 radical (unpaired) electrons. The fraction of sp³-hybridized carbons (Fsp3) is 0.692. The normalized spacial score (nSPS) is 14.2. The molecule has 2 rings (SSSR count). The molecule has 0 fully saturated rings. The van der Waals surface area contributed by atoms with Crippen molar-refractivity contribution in [3.8, 4) is 0 Å². The summed E-state index contributed by atoms with van der Waals surface area (Å²) in [6.07, 6.45) is 21.0. The number of benzene rings is 1. The van der Waals surface area contributed by atoms with Crippen LogP contribution in [0, 0.1) is 0 Å². The second-order valence-electron chi connectivity index (χ2n) is 9.22. The van der Waals surface area contributed by atoms with Gasteiger partial charge in [-0.25, -0.2) is 5.01 Å². The minimum atomic E-state index is -4.24. The van der Waals surface area contributed by atoms with Crippen LogP contribution in [0.25, 0.3) is 0 Å². The summed E-state index contributed by atoms with van der Waals surface area (Å²) >= 11 is 0. The van der Waals surface area contributed by atoms with Crippen LogP contribution in [0.1, 0.15) is 116 Å². The predicted molar refractivity (Wildman–Crippen MR) is 135 cm³/mol.